The third kappa shape index (κ3) is 2.27. The Morgan fingerprint density at radius 2 is 2.00 bits per heavy atom. The summed E-state index contributed by atoms with van der Waals surface area (Å²) in [5.41, 5.74) is 1.96. The molecule has 0 aromatic heterocycles. The summed E-state index contributed by atoms with van der Waals surface area (Å²) in [7, 11) is 1.95. The molecule has 0 aliphatic heterocycles. The van der Waals surface area contributed by atoms with Crippen LogP contribution >= 0.6 is 0 Å². The third-order valence-corrected chi connectivity index (χ3v) is 1.29. The summed E-state index contributed by atoms with van der Waals surface area (Å²) < 4.78 is 0. The second-order valence-electron chi connectivity index (χ2n) is 2.15. The van der Waals surface area contributed by atoms with Gasteiger partial charge in [-0.25, -0.2) is 0 Å². The van der Waals surface area contributed by atoms with E-state index in [0.29, 0.717) is 0 Å². The molecule has 1 heteroatoms. The first kappa shape index (κ1) is 8.15. The standard InChI is InChI=1S/C8H14N/c1-6-9(5)8(4)7(2)3/h1-2,4,6H2,3,5H3/q+1. The fraction of sp³-hybridized carbons (Fsp3) is 0.375. The fourth-order valence-corrected chi connectivity index (χ4v) is 0.461. The zero-order valence-corrected chi connectivity index (χ0v) is 6.28. The molecule has 1 nitrogen and oxygen atoms in total. The number of likely N-dealkylation sites (N-methyl/N-ethyl adjacent to an activating group) is 1. The highest BCUT2D eigenvalue weighted by Gasteiger charge is 2.00. The number of rotatable bonds is 3. The predicted octanol–water partition coefficient (Wildman–Crippen LogP) is 1.84. The average molecular weight is 124 g/mol. The summed E-state index contributed by atoms with van der Waals surface area (Å²) in [6, 6.07) is 0. The molecule has 0 amide bonds. The summed E-state index contributed by atoms with van der Waals surface area (Å²) >= 11 is 0. The van der Waals surface area contributed by atoms with Gasteiger partial charge in [0.05, 0.1) is 6.92 Å². The molecule has 9 heavy (non-hydrogen) atoms. The van der Waals surface area contributed by atoms with Crippen LogP contribution in [0.3, 0.4) is 0 Å². The van der Waals surface area contributed by atoms with Crippen molar-refractivity contribution in [3.8, 4) is 0 Å². The molecule has 0 heterocycles. The minimum atomic E-state index is 0.742. The van der Waals surface area contributed by atoms with E-state index in [9.17, 15) is 0 Å². The molecular weight excluding hydrogens is 110 g/mol. The molecule has 0 spiro atoms. The average Bonchev–Trinajstić information content (AvgIpc) is 1.84. The summed E-state index contributed by atoms with van der Waals surface area (Å²) in [6.07, 6.45) is 0. The van der Waals surface area contributed by atoms with Crippen LogP contribution in [0.25, 0.3) is 0 Å². The van der Waals surface area contributed by atoms with Crippen molar-refractivity contribution in [1.82, 2.24) is 4.90 Å². The van der Waals surface area contributed by atoms with Gasteiger partial charge in [-0.3, -0.25) is 0 Å². The van der Waals surface area contributed by atoms with Crippen molar-refractivity contribution in [2.24, 2.45) is 0 Å². The molecule has 0 atom stereocenters. The zero-order valence-electron chi connectivity index (χ0n) is 6.28. The third-order valence-electron chi connectivity index (χ3n) is 1.29. The molecule has 0 N–H and O–H groups in total. The quantitative estimate of drug-likeness (QED) is 0.410. The molecular formula is C8H14N+. The maximum absolute atomic E-state index is 3.81. The summed E-state index contributed by atoms with van der Waals surface area (Å²) in [5, 5.41) is 0. The highest BCUT2D eigenvalue weighted by atomic mass is 15.1. The molecule has 0 radical (unpaired) electrons. The van der Waals surface area contributed by atoms with Crippen LogP contribution in [0.2, 0.25) is 0 Å². The Balaban J connectivity index is 3.88. The van der Waals surface area contributed by atoms with Crippen molar-refractivity contribution in [3.05, 3.63) is 31.4 Å². The lowest BCUT2D eigenvalue weighted by Gasteiger charge is -2.15. The van der Waals surface area contributed by atoms with Crippen LogP contribution in [0.4, 0.5) is 0 Å². The first-order valence-corrected chi connectivity index (χ1v) is 2.94. The van der Waals surface area contributed by atoms with E-state index in [1.807, 2.05) is 18.9 Å². The van der Waals surface area contributed by atoms with Crippen molar-refractivity contribution in [3.63, 3.8) is 0 Å². The van der Waals surface area contributed by atoms with Gasteiger partial charge in [-0.05, 0) is 12.5 Å². The van der Waals surface area contributed by atoms with Crippen molar-refractivity contribution in [1.29, 1.82) is 0 Å². The van der Waals surface area contributed by atoms with Crippen LogP contribution in [-0.2, 0) is 0 Å². The van der Waals surface area contributed by atoms with E-state index in [4.69, 9.17) is 0 Å². The Hall–Kier alpha value is -0.850. The van der Waals surface area contributed by atoms with Gasteiger partial charge in [0, 0.05) is 12.7 Å². The van der Waals surface area contributed by atoms with E-state index < -0.39 is 0 Å². The second kappa shape index (κ2) is 3.23. The van der Waals surface area contributed by atoms with Gasteiger partial charge in [-0.2, -0.15) is 0 Å². The number of nitrogens with zero attached hydrogens (tertiary/aromatic N) is 1. The Kier molecular flexibility index (Phi) is 2.93. The minimum absolute atomic E-state index is 0.742. The Bertz CT molecular complexity index is 125. The van der Waals surface area contributed by atoms with Crippen LogP contribution in [0.1, 0.15) is 6.92 Å². The maximum Gasteiger partial charge on any atom is 0.157 e. The van der Waals surface area contributed by atoms with Gasteiger partial charge in [-0.15, -0.1) is 0 Å². The molecule has 0 saturated carbocycles. The first-order valence-electron chi connectivity index (χ1n) is 2.94. The maximum atomic E-state index is 3.81. The number of hydrogen-bond donors (Lipinski definition) is 0. The van der Waals surface area contributed by atoms with Gasteiger partial charge in [0.2, 0.25) is 0 Å². The van der Waals surface area contributed by atoms with Gasteiger partial charge in [-0.1, -0.05) is 13.2 Å². The van der Waals surface area contributed by atoms with E-state index in [2.05, 4.69) is 20.1 Å². The first-order chi connectivity index (χ1) is 4.09. The SMILES string of the molecule is C=C(C)C(=C)N(C)C[CH2+]. The normalized spacial score (nSPS) is 8.67. The van der Waals surface area contributed by atoms with Crippen LogP contribution in [0.5, 0.6) is 0 Å². The highest BCUT2D eigenvalue weighted by molar-refractivity contribution is 5.20. The minimum Gasteiger partial charge on any atom is -0.337 e. The highest BCUT2D eigenvalue weighted by Crippen LogP contribution is 2.06. The van der Waals surface area contributed by atoms with Crippen LogP contribution in [0.15, 0.2) is 24.4 Å². The van der Waals surface area contributed by atoms with Gasteiger partial charge in [0.1, 0.15) is 0 Å². The van der Waals surface area contributed by atoms with Crippen molar-refractivity contribution < 1.29 is 0 Å². The van der Waals surface area contributed by atoms with Gasteiger partial charge in [0.15, 0.2) is 6.54 Å². The summed E-state index contributed by atoms with van der Waals surface area (Å²) in [5.74, 6) is 0. The lowest BCUT2D eigenvalue weighted by atomic mass is 10.2. The fourth-order valence-electron chi connectivity index (χ4n) is 0.461. The topological polar surface area (TPSA) is 3.24 Å². The Morgan fingerprint density at radius 1 is 1.56 bits per heavy atom. The van der Waals surface area contributed by atoms with Crippen molar-refractivity contribution in [2.45, 2.75) is 6.92 Å². The Morgan fingerprint density at radius 3 is 2.11 bits per heavy atom. The van der Waals surface area contributed by atoms with Crippen LogP contribution in [-0.4, -0.2) is 18.5 Å². The van der Waals surface area contributed by atoms with E-state index in [1.54, 1.807) is 0 Å². The smallest absolute Gasteiger partial charge is 0.157 e. The zero-order chi connectivity index (χ0) is 7.44. The van der Waals surface area contributed by atoms with E-state index in [1.165, 1.54) is 0 Å². The Labute approximate surface area is 57.7 Å². The van der Waals surface area contributed by atoms with Gasteiger partial charge < -0.3 is 4.90 Å². The molecule has 50 valence electrons. The molecule has 0 bridgehead atoms. The van der Waals surface area contributed by atoms with Crippen molar-refractivity contribution >= 4 is 0 Å². The summed E-state index contributed by atoms with van der Waals surface area (Å²) in [4.78, 5) is 1.96. The lowest BCUT2D eigenvalue weighted by Crippen LogP contribution is -2.16. The van der Waals surface area contributed by atoms with E-state index in [-0.39, 0.29) is 0 Å². The van der Waals surface area contributed by atoms with Gasteiger partial charge >= 0.3 is 0 Å². The van der Waals surface area contributed by atoms with Crippen molar-refractivity contribution in [2.75, 3.05) is 13.6 Å². The molecule has 0 unspecified atom stereocenters. The molecule has 0 rings (SSSR count). The largest absolute Gasteiger partial charge is 0.337 e. The molecule has 0 aliphatic carbocycles. The van der Waals surface area contributed by atoms with Crippen LogP contribution < -0.4 is 0 Å². The van der Waals surface area contributed by atoms with E-state index in [0.717, 1.165) is 17.8 Å². The molecule has 0 aromatic carbocycles. The van der Waals surface area contributed by atoms with Gasteiger partial charge in [0.25, 0.3) is 0 Å². The molecule has 0 fully saturated rings. The molecule has 0 aliphatic rings. The monoisotopic (exact) mass is 124 g/mol. The number of hydrogen-bond acceptors (Lipinski definition) is 1. The lowest BCUT2D eigenvalue weighted by molar-refractivity contribution is 0.473. The van der Waals surface area contributed by atoms with Crippen LogP contribution in [0, 0.1) is 6.92 Å². The second-order valence-corrected chi connectivity index (χ2v) is 2.15. The predicted molar refractivity (Wildman–Crippen MR) is 41.9 cm³/mol. The van der Waals surface area contributed by atoms with E-state index >= 15 is 0 Å². The number of allylic oxidation sites excluding steroid dienone is 1. The summed E-state index contributed by atoms with van der Waals surface area (Å²) in [6.45, 7) is 14.0. The molecule has 0 aromatic rings. The molecule has 0 saturated heterocycles.